The predicted octanol–water partition coefficient (Wildman–Crippen LogP) is 5.18. The first-order valence-electron chi connectivity index (χ1n) is 10.9. The average Bonchev–Trinajstić information content (AvgIpc) is 3.21. The summed E-state index contributed by atoms with van der Waals surface area (Å²) >= 11 is 2.96. The summed E-state index contributed by atoms with van der Waals surface area (Å²) in [5.41, 5.74) is 8.62. The zero-order valence-electron chi connectivity index (χ0n) is 18.4. The highest BCUT2D eigenvalue weighted by atomic mass is 32.2. The number of fused-ring (bicyclic) bond motifs is 1. The monoisotopic (exact) mass is 481 g/mol. The number of nitrogens with one attached hydrogen (secondary N) is 1. The number of benzene rings is 2. The maximum Gasteiger partial charge on any atom is 0.190 e. The smallest absolute Gasteiger partial charge is 0.190 e. The third-order valence-electron chi connectivity index (χ3n) is 4.93. The molecule has 0 radical (unpaired) electrons. The molecule has 0 saturated heterocycles. The van der Waals surface area contributed by atoms with Gasteiger partial charge in [0.2, 0.25) is 0 Å². The number of nitrogens with zero attached hydrogens (tertiary/aromatic N) is 3. The highest BCUT2D eigenvalue weighted by Crippen LogP contribution is 2.33. The molecular formula is C24H27N5O2S2. The number of thioether (sulfide) groups is 1. The van der Waals surface area contributed by atoms with Gasteiger partial charge < -0.3 is 20.9 Å². The van der Waals surface area contributed by atoms with E-state index in [0.29, 0.717) is 28.2 Å². The molecule has 2 heterocycles. The first-order chi connectivity index (χ1) is 16.2. The lowest BCUT2D eigenvalue weighted by Crippen LogP contribution is -2.25. The molecule has 0 aliphatic heterocycles. The van der Waals surface area contributed by atoms with Crippen molar-refractivity contribution in [3.05, 3.63) is 65.9 Å². The van der Waals surface area contributed by atoms with Crippen LogP contribution in [0.5, 0.6) is 11.5 Å². The number of nitrogens with two attached hydrogens (primary N) is 1. The summed E-state index contributed by atoms with van der Waals surface area (Å²) in [6.07, 6.45) is 1.88. The van der Waals surface area contributed by atoms with Crippen LogP contribution in [0.2, 0.25) is 0 Å². The molecule has 9 heteroatoms. The Bertz CT molecular complexity index is 1190. The first-order valence-corrected chi connectivity index (χ1v) is 12.7. The van der Waals surface area contributed by atoms with Crippen LogP contribution in [0.3, 0.4) is 0 Å². The van der Waals surface area contributed by atoms with Crippen LogP contribution < -0.4 is 15.8 Å². The molecular weight excluding hydrogens is 454 g/mol. The summed E-state index contributed by atoms with van der Waals surface area (Å²) in [6.45, 7) is 2.70. The molecule has 172 valence electrons. The van der Waals surface area contributed by atoms with Gasteiger partial charge in [-0.25, -0.2) is 15.0 Å². The Morgan fingerprint density at radius 2 is 1.91 bits per heavy atom. The largest absolute Gasteiger partial charge is 0.457 e. The second kappa shape index (κ2) is 11.4. The number of thiazole rings is 1. The molecule has 0 bridgehead atoms. The number of ether oxygens (including phenoxy) is 1. The number of para-hydroxylation sites is 1. The summed E-state index contributed by atoms with van der Waals surface area (Å²) in [6, 6.07) is 17.8. The van der Waals surface area contributed by atoms with Gasteiger partial charge in [0.1, 0.15) is 11.5 Å². The van der Waals surface area contributed by atoms with Gasteiger partial charge in [-0.2, -0.15) is 0 Å². The van der Waals surface area contributed by atoms with Gasteiger partial charge >= 0.3 is 0 Å². The molecule has 4 rings (SSSR count). The summed E-state index contributed by atoms with van der Waals surface area (Å²) in [7, 11) is 0. The van der Waals surface area contributed by atoms with E-state index in [1.807, 2.05) is 48.5 Å². The average molecular weight is 482 g/mol. The van der Waals surface area contributed by atoms with Crippen LogP contribution in [-0.4, -0.2) is 33.2 Å². The van der Waals surface area contributed by atoms with Crippen LogP contribution >= 0.6 is 23.1 Å². The summed E-state index contributed by atoms with van der Waals surface area (Å²) in [5, 5.41) is 13.8. The van der Waals surface area contributed by atoms with Crippen molar-refractivity contribution in [1.29, 1.82) is 0 Å². The number of aliphatic hydroxyl groups excluding tert-OH is 1. The Morgan fingerprint density at radius 3 is 2.70 bits per heavy atom. The van der Waals surface area contributed by atoms with Crippen LogP contribution in [-0.2, 0) is 5.75 Å². The van der Waals surface area contributed by atoms with Gasteiger partial charge in [0, 0.05) is 12.3 Å². The number of rotatable bonds is 11. The van der Waals surface area contributed by atoms with E-state index in [-0.39, 0.29) is 12.6 Å². The van der Waals surface area contributed by atoms with Crippen molar-refractivity contribution in [2.45, 2.75) is 36.7 Å². The van der Waals surface area contributed by atoms with Crippen LogP contribution in [0.15, 0.2) is 59.8 Å². The first kappa shape index (κ1) is 23.4. The van der Waals surface area contributed by atoms with Gasteiger partial charge in [-0.3, -0.25) is 0 Å². The molecule has 2 aromatic heterocycles. The fourth-order valence-electron chi connectivity index (χ4n) is 3.48. The van der Waals surface area contributed by atoms with E-state index in [2.05, 4.69) is 28.3 Å². The Balaban J connectivity index is 1.54. The minimum atomic E-state index is 0.00875. The second-order valence-electron chi connectivity index (χ2n) is 7.47. The summed E-state index contributed by atoms with van der Waals surface area (Å²) < 4.78 is 6.86. The molecule has 7 nitrogen and oxygen atoms in total. The highest BCUT2D eigenvalue weighted by molar-refractivity contribution is 7.98. The van der Waals surface area contributed by atoms with Gasteiger partial charge in [0.25, 0.3) is 0 Å². The van der Waals surface area contributed by atoms with E-state index in [4.69, 9.17) is 15.5 Å². The SMILES string of the molecule is CCCC(NCCO)c1nc(SCc2cccc(Oc3ccccc3)c2)nc2nc(N)sc12. The maximum absolute atomic E-state index is 9.29. The van der Waals surface area contributed by atoms with E-state index in [1.54, 1.807) is 11.8 Å². The van der Waals surface area contributed by atoms with Gasteiger partial charge in [-0.15, -0.1) is 0 Å². The zero-order valence-corrected chi connectivity index (χ0v) is 20.0. The van der Waals surface area contributed by atoms with Crippen molar-refractivity contribution in [3.8, 4) is 11.5 Å². The number of hydrogen-bond donors (Lipinski definition) is 3. The second-order valence-corrected chi connectivity index (χ2v) is 9.44. The number of hydrogen-bond acceptors (Lipinski definition) is 9. The number of anilines is 1. The summed E-state index contributed by atoms with van der Waals surface area (Å²) in [4.78, 5) is 13.9. The molecule has 0 saturated carbocycles. The minimum absolute atomic E-state index is 0.00875. The van der Waals surface area contributed by atoms with E-state index in [1.165, 1.54) is 11.3 Å². The topological polar surface area (TPSA) is 106 Å². The predicted molar refractivity (Wildman–Crippen MR) is 135 cm³/mol. The Morgan fingerprint density at radius 1 is 1.09 bits per heavy atom. The molecule has 0 spiro atoms. The fourth-order valence-corrected chi connectivity index (χ4v) is 5.08. The Labute approximate surface area is 201 Å². The van der Waals surface area contributed by atoms with Crippen molar-refractivity contribution in [1.82, 2.24) is 20.3 Å². The lowest BCUT2D eigenvalue weighted by atomic mass is 10.1. The van der Waals surface area contributed by atoms with Gasteiger partial charge in [0.15, 0.2) is 15.9 Å². The Kier molecular flexibility index (Phi) is 8.11. The minimum Gasteiger partial charge on any atom is -0.457 e. The number of nitrogen functional groups attached to an aromatic ring is 1. The van der Waals surface area contributed by atoms with Crippen LogP contribution in [0.4, 0.5) is 5.13 Å². The molecule has 0 aliphatic rings. The van der Waals surface area contributed by atoms with Crippen LogP contribution in [0.1, 0.15) is 37.1 Å². The van der Waals surface area contributed by atoms with Gasteiger partial charge in [0.05, 0.1) is 23.0 Å². The third-order valence-corrected chi connectivity index (χ3v) is 6.75. The third kappa shape index (κ3) is 6.20. The lowest BCUT2D eigenvalue weighted by Gasteiger charge is -2.18. The fraction of sp³-hybridized carbons (Fsp3) is 0.292. The molecule has 33 heavy (non-hydrogen) atoms. The van der Waals surface area contributed by atoms with Crippen molar-refractivity contribution < 1.29 is 9.84 Å². The van der Waals surface area contributed by atoms with Crippen LogP contribution in [0, 0.1) is 0 Å². The number of aliphatic hydroxyl groups is 1. The van der Waals surface area contributed by atoms with E-state index < -0.39 is 0 Å². The van der Waals surface area contributed by atoms with Gasteiger partial charge in [-0.1, -0.05) is 66.8 Å². The highest BCUT2D eigenvalue weighted by Gasteiger charge is 2.20. The van der Waals surface area contributed by atoms with Crippen molar-refractivity contribution in [3.63, 3.8) is 0 Å². The van der Waals surface area contributed by atoms with Crippen molar-refractivity contribution in [2.75, 3.05) is 18.9 Å². The van der Waals surface area contributed by atoms with E-state index in [9.17, 15) is 5.11 Å². The Hall–Kier alpha value is -2.72. The molecule has 0 aliphatic carbocycles. The molecule has 1 atom stereocenters. The van der Waals surface area contributed by atoms with Crippen LogP contribution in [0.25, 0.3) is 10.3 Å². The maximum atomic E-state index is 9.29. The van der Waals surface area contributed by atoms with Crippen molar-refractivity contribution >= 4 is 38.6 Å². The molecule has 0 amide bonds. The van der Waals surface area contributed by atoms with E-state index in [0.717, 1.165) is 40.3 Å². The summed E-state index contributed by atoms with van der Waals surface area (Å²) in [5.74, 6) is 2.29. The van der Waals surface area contributed by atoms with Crippen molar-refractivity contribution in [2.24, 2.45) is 0 Å². The molecule has 2 aromatic carbocycles. The lowest BCUT2D eigenvalue weighted by molar-refractivity contribution is 0.281. The zero-order chi connectivity index (χ0) is 23.0. The standard InChI is InChI=1S/C24H27N5O2S2/c1-2-7-19(26-12-13-30)20-21-22(28-23(25)33-21)29-24(27-20)32-15-16-8-6-11-18(14-16)31-17-9-4-3-5-10-17/h3-6,8-11,14,19,26,30H,2,7,12-13,15H2,1H3,(H2,25,27,28,29). The van der Waals surface area contributed by atoms with E-state index >= 15 is 0 Å². The molecule has 4 aromatic rings. The van der Waals surface area contributed by atoms with Gasteiger partial charge in [-0.05, 0) is 36.2 Å². The molecule has 1 unspecified atom stereocenters. The normalized spacial score (nSPS) is 12.2. The number of aromatic nitrogens is 3. The molecule has 4 N–H and O–H groups in total. The molecule has 0 fully saturated rings. The quantitative estimate of drug-likeness (QED) is 0.199.